The Kier molecular flexibility index (Phi) is 5.44. The van der Waals surface area contributed by atoms with Crippen LogP contribution < -0.4 is 10.1 Å². The number of nitrogens with zero attached hydrogens (tertiary/aromatic N) is 2. The number of halogens is 3. The lowest BCUT2D eigenvalue weighted by Crippen LogP contribution is -2.25. The smallest absolute Gasteiger partial charge is 0.416 e. The lowest BCUT2D eigenvalue weighted by atomic mass is 10.1. The van der Waals surface area contributed by atoms with Crippen LogP contribution in [0.15, 0.2) is 66.9 Å². The van der Waals surface area contributed by atoms with Gasteiger partial charge < -0.3 is 10.1 Å². The van der Waals surface area contributed by atoms with Gasteiger partial charge >= 0.3 is 6.18 Å². The second-order valence-electron chi connectivity index (χ2n) is 5.66. The summed E-state index contributed by atoms with van der Waals surface area (Å²) in [5, 5.41) is 6.53. The van der Waals surface area contributed by atoms with E-state index in [1.54, 1.807) is 18.3 Å². The Morgan fingerprint density at radius 1 is 1.04 bits per heavy atom. The van der Waals surface area contributed by atoms with Gasteiger partial charge in [-0.1, -0.05) is 36.4 Å². The molecule has 1 aromatic heterocycles. The highest BCUT2D eigenvalue weighted by molar-refractivity contribution is 5.92. The molecule has 1 amide bonds. The normalized spacial score (nSPS) is 11.2. The van der Waals surface area contributed by atoms with E-state index in [1.165, 1.54) is 28.9 Å². The number of alkyl halides is 3. The summed E-state index contributed by atoms with van der Waals surface area (Å²) >= 11 is 0. The molecule has 3 rings (SSSR count). The number of nitrogens with one attached hydrogen (secondary N) is 1. The number of hydrogen-bond acceptors (Lipinski definition) is 3. The van der Waals surface area contributed by atoms with Crippen LogP contribution in [0.5, 0.6) is 5.75 Å². The zero-order chi connectivity index (χ0) is 19.3. The third kappa shape index (κ3) is 4.87. The van der Waals surface area contributed by atoms with Crippen LogP contribution in [0.2, 0.25) is 0 Å². The van der Waals surface area contributed by atoms with Crippen LogP contribution in [0, 0.1) is 0 Å². The van der Waals surface area contributed by atoms with E-state index < -0.39 is 17.6 Å². The molecule has 0 saturated heterocycles. The summed E-state index contributed by atoms with van der Waals surface area (Å²) in [5.41, 5.74) is -0.687. The molecule has 0 spiro atoms. The minimum absolute atomic E-state index is 0.00908. The summed E-state index contributed by atoms with van der Waals surface area (Å²) in [4.78, 5) is 12.2. The van der Waals surface area contributed by atoms with E-state index >= 15 is 0 Å². The van der Waals surface area contributed by atoms with E-state index in [2.05, 4.69) is 10.4 Å². The molecule has 0 saturated carbocycles. The molecule has 1 heterocycles. The Morgan fingerprint density at radius 3 is 2.48 bits per heavy atom. The van der Waals surface area contributed by atoms with Gasteiger partial charge in [0.15, 0.2) is 6.73 Å². The van der Waals surface area contributed by atoms with Crippen LogP contribution in [0.1, 0.15) is 21.6 Å². The summed E-state index contributed by atoms with van der Waals surface area (Å²) in [6.07, 6.45) is -2.92. The fourth-order valence-corrected chi connectivity index (χ4v) is 2.43. The van der Waals surface area contributed by atoms with Gasteiger partial charge in [-0.3, -0.25) is 4.79 Å². The second-order valence-corrected chi connectivity index (χ2v) is 5.66. The van der Waals surface area contributed by atoms with Gasteiger partial charge in [-0.05, 0) is 29.8 Å². The number of aromatic nitrogens is 2. The van der Waals surface area contributed by atoms with Crippen molar-refractivity contribution in [1.29, 1.82) is 0 Å². The van der Waals surface area contributed by atoms with Crippen LogP contribution >= 0.6 is 0 Å². The van der Waals surface area contributed by atoms with Gasteiger partial charge in [0.05, 0.1) is 5.56 Å². The van der Waals surface area contributed by atoms with E-state index in [-0.39, 0.29) is 24.5 Å². The molecule has 0 fully saturated rings. The van der Waals surface area contributed by atoms with Crippen molar-refractivity contribution >= 4 is 5.91 Å². The van der Waals surface area contributed by atoms with Gasteiger partial charge in [0.25, 0.3) is 5.91 Å². The summed E-state index contributed by atoms with van der Waals surface area (Å²) < 4.78 is 45.9. The van der Waals surface area contributed by atoms with E-state index in [1.807, 2.05) is 18.2 Å². The Morgan fingerprint density at radius 2 is 1.74 bits per heavy atom. The highest BCUT2D eigenvalue weighted by Gasteiger charge is 2.32. The van der Waals surface area contributed by atoms with Crippen LogP contribution in [0.25, 0.3) is 0 Å². The van der Waals surface area contributed by atoms with Crippen LogP contribution in [0.4, 0.5) is 13.2 Å². The Labute approximate surface area is 153 Å². The minimum Gasteiger partial charge on any atom is -0.471 e. The zero-order valence-corrected chi connectivity index (χ0v) is 14.1. The first-order valence-electron chi connectivity index (χ1n) is 8.08. The first kappa shape index (κ1) is 18.5. The standard InChI is InChI=1S/C19H16F3N3O2/c20-19(21,22)16-9-5-4-6-14(16)12-23-18(26)17-10-11-25(24-17)13-27-15-7-2-1-3-8-15/h1-11H,12-13H2,(H,23,26). The Balaban J connectivity index is 1.59. The molecule has 2 aromatic carbocycles. The van der Waals surface area contributed by atoms with Crippen molar-refractivity contribution in [2.24, 2.45) is 0 Å². The van der Waals surface area contributed by atoms with E-state index in [9.17, 15) is 18.0 Å². The average molecular weight is 375 g/mol. The number of hydrogen-bond donors (Lipinski definition) is 1. The molecule has 0 radical (unpaired) electrons. The molecule has 0 atom stereocenters. The molecule has 3 aromatic rings. The lowest BCUT2D eigenvalue weighted by molar-refractivity contribution is -0.138. The highest BCUT2D eigenvalue weighted by Crippen LogP contribution is 2.31. The molecule has 0 aliphatic heterocycles. The van der Waals surface area contributed by atoms with Crippen LogP contribution in [-0.4, -0.2) is 15.7 Å². The number of amides is 1. The lowest BCUT2D eigenvalue weighted by Gasteiger charge is -2.12. The Hall–Kier alpha value is -3.29. The summed E-state index contributed by atoms with van der Waals surface area (Å²) in [6, 6.07) is 15.7. The molecular formula is C19H16F3N3O2. The SMILES string of the molecule is O=C(NCc1ccccc1C(F)(F)F)c1ccn(COc2ccccc2)n1. The number of carbonyl (C=O) groups is 1. The molecule has 0 aliphatic carbocycles. The number of para-hydroxylation sites is 1. The third-order valence-corrected chi connectivity index (χ3v) is 3.74. The van der Waals surface area contributed by atoms with Crippen molar-refractivity contribution in [1.82, 2.24) is 15.1 Å². The monoisotopic (exact) mass is 375 g/mol. The average Bonchev–Trinajstić information content (AvgIpc) is 3.14. The fourth-order valence-electron chi connectivity index (χ4n) is 2.43. The van der Waals surface area contributed by atoms with Gasteiger partial charge in [-0.25, -0.2) is 4.68 Å². The van der Waals surface area contributed by atoms with Crippen molar-refractivity contribution in [3.63, 3.8) is 0 Å². The maximum absolute atomic E-state index is 13.0. The van der Waals surface area contributed by atoms with Crippen molar-refractivity contribution in [3.05, 3.63) is 83.7 Å². The number of benzene rings is 2. The fraction of sp³-hybridized carbons (Fsp3) is 0.158. The van der Waals surface area contributed by atoms with Gasteiger partial charge in [-0.15, -0.1) is 0 Å². The van der Waals surface area contributed by atoms with Crippen LogP contribution in [-0.2, 0) is 19.5 Å². The zero-order valence-electron chi connectivity index (χ0n) is 14.1. The van der Waals surface area contributed by atoms with E-state index in [0.29, 0.717) is 5.75 Å². The molecule has 8 heteroatoms. The predicted molar refractivity (Wildman–Crippen MR) is 91.9 cm³/mol. The Bertz CT molecular complexity index is 908. The minimum atomic E-state index is -4.47. The number of ether oxygens (including phenoxy) is 1. The maximum Gasteiger partial charge on any atom is 0.416 e. The van der Waals surface area contributed by atoms with Crippen LogP contribution in [0.3, 0.4) is 0 Å². The molecule has 0 aliphatic rings. The number of carbonyl (C=O) groups excluding carboxylic acids is 1. The first-order valence-corrected chi connectivity index (χ1v) is 8.08. The summed E-state index contributed by atoms with van der Waals surface area (Å²) in [6.45, 7) is -0.143. The first-order chi connectivity index (χ1) is 12.9. The summed E-state index contributed by atoms with van der Waals surface area (Å²) in [5.74, 6) is 0.0909. The molecule has 0 unspecified atom stereocenters. The van der Waals surface area contributed by atoms with Crippen molar-refractivity contribution < 1.29 is 22.7 Å². The molecule has 27 heavy (non-hydrogen) atoms. The van der Waals surface area contributed by atoms with Gasteiger partial charge in [-0.2, -0.15) is 18.3 Å². The molecular weight excluding hydrogens is 359 g/mol. The third-order valence-electron chi connectivity index (χ3n) is 3.74. The largest absolute Gasteiger partial charge is 0.471 e. The van der Waals surface area contributed by atoms with Gasteiger partial charge in [0.2, 0.25) is 0 Å². The molecule has 1 N–H and O–H groups in total. The molecule has 5 nitrogen and oxygen atoms in total. The van der Waals surface area contributed by atoms with Gasteiger partial charge in [0, 0.05) is 12.7 Å². The quantitative estimate of drug-likeness (QED) is 0.712. The second kappa shape index (κ2) is 7.94. The van der Waals surface area contributed by atoms with Gasteiger partial charge in [0.1, 0.15) is 11.4 Å². The summed E-state index contributed by atoms with van der Waals surface area (Å²) in [7, 11) is 0. The van der Waals surface area contributed by atoms with Crippen molar-refractivity contribution in [2.75, 3.05) is 0 Å². The molecule has 0 bridgehead atoms. The predicted octanol–water partition coefficient (Wildman–Crippen LogP) is 3.87. The van der Waals surface area contributed by atoms with Crippen molar-refractivity contribution in [2.45, 2.75) is 19.5 Å². The van der Waals surface area contributed by atoms with E-state index in [0.717, 1.165) is 6.07 Å². The highest BCUT2D eigenvalue weighted by atomic mass is 19.4. The van der Waals surface area contributed by atoms with Crippen molar-refractivity contribution in [3.8, 4) is 5.75 Å². The maximum atomic E-state index is 13.0. The van der Waals surface area contributed by atoms with E-state index in [4.69, 9.17) is 4.74 Å². The number of rotatable bonds is 6. The topological polar surface area (TPSA) is 56.2 Å². The molecule has 140 valence electrons.